The lowest BCUT2D eigenvalue weighted by atomic mass is 10.1. The Labute approximate surface area is 141 Å². The monoisotopic (exact) mass is 345 g/mol. The molecule has 122 valence electrons. The summed E-state index contributed by atoms with van der Waals surface area (Å²) >= 11 is 1.22. The lowest BCUT2D eigenvalue weighted by Gasteiger charge is -2.04. The van der Waals surface area contributed by atoms with E-state index in [2.05, 4.69) is 10.2 Å². The van der Waals surface area contributed by atoms with E-state index in [4.69, 9.17) is 0 Å². The molecule has 1 aromatic heterocycles. The first-order chi connectivity index (χ1) is 11.5. The summed E-state index contributed by atoms with van der Waals surface area (Å²) in [5.41, 5.74) is 1.05. The molecule has 0 bridgehead atoms. The molecule has 0 saturated carbocycles. The summed E-state index contributed by atoms with van der Waals surface area (Å²) in [5.74, 6) is -0.250. The smallest absolute Gasteiger partial charge is 0.191 e. The van der Waals surface area contributed by atoms with Gasteiger partial charge in [-0.1, -0.05) is 23.9 Å². The van der Waals surface area contributed by atoms with Gasteiger partial charge in [-0.05, 0) is 36.4 Å². The molecule has 0 unspecified atom stereocenters. The zero-order chi connectivity index (χ0) is 17.1. The van der Waals surface area contributed by atoms with Gasteiger partial charge in [0, 0.05) is 18.2 Å². The second-order valence-corrected chi connectivity index (χ2v) is 6.04. The molecule has 24 heavy (non-hydrogen) atoms. The average Bonchev–Trinajstić information content (AvgIpc) is 2.94. The summed E-state index contributed by atoms with van der Waals surface area (Å²) in [7, 11) is 1.77. The number of carbonyl (C=O) groups is 1. The van der Waals surface area contributed by atoms with Crippen LogP contribution in [0.2, 0.25) is 0 Å². The molecule has 0 radical (unpaired) electrons. The quantitative estimate of drug-likeness (QED) is 0.522. The summed E-state index contributed by atoms with van der Waals surface area (Å²) in [6.45, 7) is 0. The number of benzene rings is 2. The molecule has 1 heterocycles. The Morgan fingerprint density at radius 1 is 1.08 bits per heavy atom. The summed E-state index contributed by atoms with van der Waals surface area (Å²) < 4.78 is 27.9. The van der Waals surface area contributed by atoms with E-state index in [9.17, 15) is 13.6 Å². The van der Waals surface area contributed by atoms with Crippen LogP contribution < -0.4 is 0 Å². The minimum atomic E-state index is -0.442. The molecule has 0 fully saturated rings. The standard InChI is InChI=1S/C17H13F2N3OS/c1-22-16(11-5-7-13(18)8-6-11)20-21-17(22)24-10-15(23)12-3-2-4-14(19)9-12/h2-9H,10H2,1H3. The fraction of sp³-hybridized carbons (Fsp3) is 0.118. The second kappa shape index (κ2) is 6.92. The topological polar surface area (TPSA) is 47.8 Å². The van der Waals surface area contributed by atoms with Crippen molar-refractivity contribution in [2.45, 2.75) is 5.16 Å². The Morgan fingerprint density at radius 3 is 2.54 bits per heavy atom. The van der Waals surface area contributed by atoms with Crippen molar-refractivity contribution in [1.29, 1.82) is 0 Å². The van der Waals surface area contributed by atoms with Gasteiger partial charge in [-0.25, -0.2) is 8.78 Å². The van der Waals surface area contributed by atoms with Crippen LogP contribution in [0.5, 0.6) is 0 Å². The minimum Gasteiger partial charge on any atom is -0.305 e. The molecule has 2 aromatic carbocycles. The number of Topliss-reactive ketones (excluding diaryl/α,β-unsaturated/α-hetero) is 1. The van der Waals surface area contributed by atoms with Gasteiger partial charge in [-0.2, -0.15) is 0 Å². The molecular formula is C17H13F2N3OS. The molecule has 0 amide bonds. The van der Waals surface area contributed by atoms with E-state index in [1.54, 1.807) is 29.8 Å². The molecule has 0 aliphatic carbocycles. The zero-order valence-electron chi connectivity index (χ0n) is 12.7. The van der Waals surface area contributed by atoms with E-state index in [0.29, 0.717) is 16.5 Å². The van der Waals surface area contributed by atoms with Gasteiger partial charge in [0.25, 0.3) is 0 Å². The van der Waals surface area contributed by atoms with Crippen LogP contribution in [-0.2, 0) is 7.05 Å². The number of hydrogen-bond acceptors (Lipinski definition) is 4. The highest BCUT2D eigenvalue weighted by Crippen LogP contribution is 2.23. The fourth-order valence-electron chi connectivity index (χ4n) is 2.17. The third-order valence-corrected chi connectivity index (χ3v) is 4.44. The van der Waals surface area contributed by atoms with E-state index in [1.807, 2.05) is 0 Å². The lowest BCUT2D eigenvalue weighted by molar-refractivity contribution is 0.102. The van der Waals surface area contributed by atoms with E-state index in [-0.39, 0.29) is 17.4 Å². The van der Waals surface area contributed by atoms with Gasteiger partial charge in [-0.15, -0.1) is 10.2 Å². The van der Waals surface area contributed by atoms with E-state index >= 15 is 0 Å². The van der Waals surface area contributed by atoms with Crippen molar-refractivity contribution in [3.8, 4) is 11.4 Å². The summed E-state index contributed by atoms with van der Waals surface area (Å²) in [5, 5.41) is 8.69. The Kier molecular flexibility index (Phi) is 4.71. The van der Waals surface area contributed by atoms with Crippen molar-refractivity contribution in [3.05, 3.63) is 65.7 Å². The van der Waals surface area contributed by atoms with Gasteiger partial charge in [-0.3, -0.25) is 4.79 Å². The number of thioether (sulfide) groups is 1. The first kappa shape index (κ1) is 16.3. The zero-order valence-corrected chi connectivity index (χ0v) is 13.6. The largest absolute Gasteiger partial charge is 0.305 e. The Balaban J connectivity index is 1.72. The van der Waals surface area contributed by atoms with Crippen LogP contribution in [0.4, 0.5) is 8.78 Å². The molecule has 0 saturated heterocycles. The number of halogens is 2. The predicted octanol–water partition coefficient (Wildman–Crippen LogP) is 3.74. The number of aromatic nitrogens is 3. The van der Waals surface area contributed by atoms with Crippen molar-refractivity contribution in [1.82, 2.24) is 14.8 Å². The highest BCUT2D eigenvalue weighted by molar-refractivity contribution is 7.99. The van der Waals surface area contributed by atoms with Gasteiger partial charge in [0.1, 0.15) is 11.6 Å². The molecule has 0 spiro atoms. The number of carbonyl (C=O) groups excluding carboxylic acids is 1. The SMILES string of the molecule is Cn1c(SCC(=O)c2cccc(F)c2)nnc1-c1ccc(F)cc1. The van der Waals surface area contributed by atoms with Crippen LogP contribution in [0.1, 0.15) is 10.4 Å². The van der Waals surface area contributed by atoms with E-state index < -0.39 is 5.82 Å². The number of nitrogens with zero attached hydrogens (tertiary/aromatic N) is 3. The molecule has 3 rings (SSSR count). The lowest BCUT2D eigenvalue weighted by Crippen LogP contribution is -2.04. The second-order valence-electron chi connectivity index (χ2n) is 5.09. The van der Waals surface area contributed by atoms with Crippen LogP contribution in [0.3, 0.4) is 0 Å². The number of rotatable bonds is 5. The van der Waals surface area contributed by atoms with Crippen molar-refractivity contribution >= 4 is 17.5 Å². The first-order valence-electron chi connectivity index (χ1n) is 7.11. The predicted molar refractivity (Wildman–Crippen MR) is 87.9 cm³/mol. The maximum absolute atomic E-state index is 13.2. The van der Waals surface area contributed by atoms with E-state index in [1.165, 1.54) is 42.1 Å². The maximum atomic E-state index is 13.2. The summed E-state index contributed by atoms with van der Waals surface area (Å²) in [6.07, 6.45) is 0. The van der Waals surface area contributed by atoms with E-state index in [0.717, 1.165) is 5.56 Å². The number of hydrogen-bond donors (Lipinski definition) is 0. The molecule has 3 aromatic rings. The van der Waals surface area contributed by atoms with Gasteiger partial charge < -0.3 is 4.57 Å². The van der Waals surface area contributed by atoms with Crippen molar-refractivity contribution in [3.63, 3.8) is 0 Å². The molecular weight excluding hydrogens is 332 g/mol. The Bertz CT molecular complexity index is 878. The first-order valence-corrected chi connectivity index (χ1v) is 8.10. The van der Waals surface area contributed by atoms with Gasteiger partial charge in [0.2, 0.25) is 0 Å². The highest BCUT2D eigenvalue weighted by Gasteiger charge is 2.14. The molecule has 0 aliphatic rings. The van der Waals surface area contributed by atoms with Crippen LogP contribution >= 0.6 is 11.8 Å². The average molecular weight is 345 g/mol. The fourth-order valence-corrected chi connectivity index (χ4v) is 2.97. The van der Waals surface area contributed by atoms with Crippen LogP contribution in [-0.4, -0.2) is 26.3 Å². The highest BCUT2D eigenvalue weighted by atomic mass is 32.2. The van der Waals surface area contributed by atoms with Gasteiger partial charge in [0.15, 0.2) is 16.8 Å². The van der Waals surface area contributed by atoms with Crippen LogP contribution in [0.25, 0.3) is 11.4 Å². The molecule has 0 N–H and O–H groups in total. The van der Waals surface area contributed by atoms with Crippen molar-refractivity contribution in [2.24, 2.45) is 7.05 Å². The molecule has 0 atom stereocenters. The van der Waals surface area contributed by atoms with Crippen molar-refractivity contribution in [2.75, 3.05) is 5.75 Å². The minimum absolute atomic E-state index is 0.124. The molecule has 0 aliphatic heterocycles. The third-order valence-electron chi connectivity index (χ3n) is 3.42. The normalized spacial score (nSPS) is 10.8. The molecule has 4 nitrogen and oxygen atoms in total. The number of ketones is 1. The Morgan fingerprint density at radius 2 is 1.83 bits per heavy atom. The summed E-state index contributed by atoms with van der Waals surface area (Å²) in [4.78, 5) is 12.1. The summed E-state index contributed by atoms with van der Waals surface area (Å²) in [6, 6.07) is 11.5. The van der Waals surface area contributed by atoms with Gasteiger partial charge in [0.05, 0.1) is 5.75 Å². The maximum Gasteiger partial charge on any atom is 0.191 e. The van der Waals surface area contributed by atoms with Crippen molar-refractivity contribution < 1.29 is 13.6 Å². The third kappa shape index (κ3) is 3.51. The van der Waals surface area contributed by atoms with Crippen LogP contribution in [0, 0.1) is 11.6 Å². The molecule has 7 heteroatoms. The van der Waals surface area contributed by atoms with Gasteiger partial charge >= 0.3 is 0 Å². The Hall–Kier alpha value is -2.54. The van der Waals surface area contributed by atoms with Crippen LogP contribution in [0.15, 0.2) is 53.7 Å².